The molecule has 0 spiro atoms. The van der Waals surface area contributed by atoms with Gasteiger partial charge in [-0.3, -0.25) is 0 Å². The summed E-state index contributed by atoms with van der Waals surface area (Å²) in [5, 5.41) is 17.3. The van der Waals surface area contributed by atoms with Crippen LogP contribution in [0.15, 0.2) is 17.7 Å². The normalized spacial score (nSPS) is 11.4. The van der Waals surface area contributed by atoms with Crippen molar-refractivity contribution in [3.63, 3.8) is 0 Å². The molecule has 0 aliphatic carbocycles. The highest BCUT2D eigenvalue weighted by Crippen LogP contribution is 2.35. The zero-order valence-electron chi connectivity index (χ0n) is 8.65. The van der Waals surface area contributed by atoms with E-state index >= 15 is 0 Å². The van der Waals surface area contributed by atoms with Gasteiger partial charge in [0.1, 0.15) is 17.7 Å². The smallest absolute Gasteiger partial charge is 0.231 e. The highest BCUT2D eigenvalue weighted by Gasteiger charge is 2.14. The van der Waals surface area contributed by atoms with Crippen LogP contribution in [0.2, 0.25) is 0 Å². The van der Waals surface area contributed by atoms with Gasteiger partial charge in [-0.1, -0.05) is 0 Å². The summed E-state index contributed by atoms with van der Waals surface area (Å²) in [6.45, 7) is 2.10. The van der Waals surface area contributed by atoms with E-state index in [1.807, 2.05) is 25.1 Å². The Balaban J connectivity index is 2.48. The maximum atomic E-state index is 8.67. The van der Waals surface area contributed by atoms with Crippen LogP contribution < -0.4 is 9.47 Å². The summed E-state index contributed by atoms with van der Waals surface area (Å²) >= 11 is 0. The first-order valence-electron chi connectivity index (χ1n) is 4.66. The molecule has 0 bridgehead atoms. The first kappa shape index (κ1) is 10.1. The standard InChI is InChI=1S/C12H8N2O2/c1-8-2-11-12(16-7-15-11)4-10(8)3-9(5-13)6-14/h2-4H,7H2,1H3. The molecule has 78 valence electrons. The van der Waals surface area contributed by atoms with Gasteiger partial charge < -0.3 is 9.47 Å². The zero-order valence-corrected chi connectivity index (χ0v) is 8.65. The predicted molar refractivity (Wildman–Crippen MR) is 56.5 cm³/mol. The van der Waals surface area contributed by atoms with Gasteiger partial charge in [-0.15, -0.1) is 0 Å². The van der Waals surface area contributed by atoms with E-state index in [2.05, 4.69) is 0 Å². The molecule has 0 unspecified atom stereocenters. The van der Waals surface area contributed by atoms with Gasteiger partial charge in [0.05, 0.1) is 0 Å². The Morgan fingerprint density at radius 1 is 1.25 bits per heavy atom. The summed E-state index contributed by atoms with van der Waals surface area (Å²) in [5.74, 6) is 1.34. The first-order chi connectivity index (χ1) is 7.74. The minimum Gasteiger partial charge on any atom is -0.454 e. The number of nitriles is 2. The zero-order chi connectivity index (χ0) is 11.5. The summed E-state index contributed by atoms with van der Waals surface area (Å²) < 4.78 is 10.4. The number of ether oxygens (including phenoxy) is 2. The number of benzene rings is 1. The molecule has 4 nitrogen and oxygen atoms in total. The van der Waals surface area contributed by atoms with E-state index in [0.29, 0.717) is 11.5 Å². The van der Waals surface area contributed by atoms with Crippen molar-refractivity contribution in [2.75, 3.05) is 6.79 Å². The van der Waals surface area contributed by atoms with Gasteiger partial charge in [0.2, 0.25) is 6.79 Å². The fourth-order valence-electron chi connectivity index (χ4n) is 1.46. The van der Waals surface area contributed by atoms with Crippen LogP contribution in [0.4, 0.5) is 0 Å². The lowest BCUT2D eigenvalue weighted by atomic mass is 10.1. The summed E-state index contributed by atoms with van der Waals surface area (Å²) in [6, 6.07) is 7.25. The maximum absolute atomic E-state index is 8.67. The maximum Gasteiger partial charge on any atom is 0.231 e. The summed E-state index contributed by atoms with van der Waals surface area (Å²) in [7, 11) is 0. The van der Waals surface area contributed by atoms with Crippen LogP contribution in [0, 0.1) is 29.6 Å². The molecule has 1 aliphatic heterocycles. The molecule has 1 aromatic rings. The lowest BCUT2D eigenvalue weighted by Gasteiger charge is -2.02. The molecule has 0 saturated heterocycles. The molecule has 1 aromatic carbocycles. The van der Waals surface area contributed by atoms with E-state index in [1.54, 1.807) is 6.07 Å². The highest BCUT2D eigenvalue weighted by atomic mass is 16.7. The van der Waals surface area contributed by atoms with Crippen LogP contribution in [0.5, 0.6) is 11.5 Å². The third-order valence-electron chi connectivity index (χ3n) is 2.30. The molecule has 2 rings (SSSR count). The topological polar surface area (TPSA) is 66.0 Å². The van der Waals surface area contributed by atoms with Gasteiger partial charge in [0.15, 0.2) is 11.5 Å². The molecular weight excluding hydrogens is 204 g/mol. The predicted octanol–water partition coefficient (Wildman–Crippen LogP) is 2.15. The van der Waals surface area contributed by atoms with Gasteiger partial charge in [-0.25, -0.2) is 0 Å². The van der Waals surface area contributed by atoms with E-state index in [1.165, 1.54) is 6.08 Å². The Morgan fingerprint density at radius 2 is 1.88 bits per heavy atom. The van der Waals surface area contributed by atoms with Gasteiger partial charge in [-0.05, 0) is 36.3 Å². The van der Waals surface area contributed by atoms with Crippen molar-refractivity contribution in [3.8, 4) is 23.6 Å². The molecule has 0 N–H and O–H groups in total. The van der Waals surface area contributed by atoms with Crippen molar-refractivity contribution in [3.05, 3.63) is 28.8 Å². The van der Waals surface area contributed by atoms with Crippen molar-refractivity contribution in [2.45, 2.75) is 6.92 Å². The second-order valence-corrected chi connectivity index (χ2v) is 3.34. The monoisotopic (exact) mass is 212 g/mol. The molecule has 4 heteroatoms. The molecule has 0 saturated carbocycles. The molecule has 0 radical (unpaired) electrons. The molecule has 1 heterocycles. The second-order valence-electron chi connectivity index (χ2n) is 3.34. The average molecular weight is 212 g/mol. The second kappa shape index (κ2) is 3.96. The Kier molecular flexibility index (Phi) is 2.49. The molecule has 0 amide bonds. The molecule has 1 aliphatic rings. The minimum atomic E-state index is 0.0713. The van der Waals surface area contributed by atoms with Gasteiger partial charge in [0, 0.05) is 0 Å². The van der Waals surface area contributed by atoms with Crippen molar-refractivity contribution < 1.29 is 9.47 Å². The van der Waals surface area contributed by atoms with Crippen LogP contribution in [-0.4, -0.2) is 6.79 Å². The van der Waals surface area contributed by atoms with Crippen LogP contribution in [0.3, 0.4) is 0 Å². The van der Waals surface area contributed by atoms with Crippen molar-refractivity contribution in [2.24, 2.45) is 0 Å². The highest BCUT2D eigenvalue weighted by molar-refractivity contribution is 5.67. The number of hydrogen-bond donors (Lipinski definition) is 0. The third kappa shape index (κ3) is 1.69. The Bertz CT molecular complexity index is 531. The summed E-state index contributed by atoms with van der Waals surface area (Å²) in [6.07, 6.45) is 1.54. The van der Waals surface area contributed by atoms with Gasteiger partial charge in [-0.2, -0.15) is 10.5 Å². The van der Waals surface area contributed by atoms with Crippen LogP contribution in [0.25, 0.3) is 6.08 Å². The van der Waals surface area contributed by atoms with Crippen molar-refractivity contribution in [1.82, 2.24) is 0 Å². The third-order valence-corrected chi connectivity index (χ3v) is 2.30. The van der Waals surface area contributed by atoms with E-state index in [0.717, 1.165) is 11.1 Å². The van der Waals surface area contributed by atoms with Crippen LogP contribution in [0.1, 0.15) is 11.1 Å². The molecule has 0 aromatic heterocycles. The fourth-order valence-corrected chi connectivity index (χ4v) is 1.46. The number of allylic oxidation sites excluding steroid dienone is 1. The quantitative estimate of drug-likeness (QED) is 0.669. The largest absolute Gasteiger partial charge is 0.454 e. The first-order valence-corrected chi connectivity index (χ1v) is 4.66. The number of rotatable bonds is 1. The van der Waals surface area contributed by atoms with Crippen LogP contribution >= 0.6 is 0 Å². The average Bonchev–Trinajstić information content (AvgIpc) is 2.72. The van der Waals surface area contributed by atoms with Crippen molar-refractivity contribution >= 4 is 6.08 Å². The van der Waals surface area contributed by atoms with E-state index in [-0.39, 0.29) is 12.4 Å². The molecular formula is C12H8N2O2. The summed E-state index contributed by atoms with van der Waals surface area (Å²) in [5.41, 5.74) is 1.80. The Morgan fingerprint density at radius 3 is 2.50 bits per heavy atom. The number of nitrogens with zero attached hydrogens (tertiary/aromatic N) is 2. The molecule has 0 atom stereocenters. The number of hydrogen-bond acceptors (Lipinski definition) is 4. The summed E-state index contributed by atoms with van der Waals surface area (Å²) in [4.78, 5) is 0. The van der Waals surface area contributed by atoms with E-state index < -0.39 is 0 Å². The van der Waals surface area contributed by atoms with E-state index in [4.69, 9.17) is 20.0 Å². The number of fused-ring (bicyclic) bond motifs is 1. The van der Waals surface area contributed by atoms with Crippen LogP contribution in [-0.2, 0) is 0 Å². The van der Waals surface area contributed by atoms with Crippen molar-refractivity contribution in [1.29, 1.82) is 10.5 Å². The SMILES string of the molecule is Cc1cc2c(cc1C=C(C#N)C#N)OCO2. The molecule has 16 heavy (non-hydrogen) atoms. The fraction of sp³-hybridized carbons (Fsp3) is 0.167. The Hall–Kier alpha value is -2.46. The van der Waals surface area contributed by atoms with Gasteiger partial charge in [0.25, 0.3) is 0 Å². The van der Waals surface area contributed by atoms with E-state index in [9.17, 15) is 0 Å². The molecule has 0 fully saturated rings. The lowest BCUT2D eigenvalue weighted by Crippen LogP contribution is -1.92. The Labute approximate surface area is 92.9 Å². The minimum absolute atomic E-state index is 0.0713. The lowest BCUT2D eigenvalue weighted by molar-refractivity contribution is 0.174. The number of aryl methyl sites for hydroxylation is 1. The van der Waals surface area contributed by atoms with Gasteiger partial charge >= 0.3 is 0 Å².